The van der Waals surface area contributed by atoms with Gasteiger partial charge in [-0.05, 0) is 50.8 Å². The Morgan fingerprint density at radius 2 is 1.91 bits per heavy atom. The van der Waals surface area contributed by atoms with Crippen LogP contribution in [0.2, 0.25) is 0 Å². The van der Waals surface area contributed by atoms with Gasteiger partial charge in [-0.1, -0.05) is 56.0 Å². The summed E-state index contributed by atoms with van der Waals surface area (Å²) in [5.41, 5.74) is 3.34. The Kier molecular flexibility index (Phi) is 8.30. The van der Waals surface area contributed by atoms with Crippen molar-refractivity contribution >= 4 is 17.1 Å². The number of nitrogens with zero attached hydrogens (tertiary/aromatic N) is 3. The highest BCUT2D eigenvalue weighted by Gasteiger charge is 2.32. The number of aromatic amines is 2. The third kappa shape index (κ3) is 5.71. The van der Waals surface area contributed by atoms with Crippen molar-refractivity contribution < 1.29 is 14.6 Å². The molecule has 0 atom stereocenters. The minimum Gasteiger partial charge on any atom is -0.461 e. The molecule has 0 aliphatic carbocycles. The molecule has 0 aliphatic heterocycles. The number of esters is 1. The first-order valence-electron chi connectivity index (χ1n) is 11.9. The van der Waals surface area contributed by atoms with Crippen LogP contribution in [-0.4, -0.2) is 42.6 Å². The Balaban J connectivity index is 2.01. The number of aromatic nitrogens is 5. The minimum absolute atomic E-state index is 0.245. The highest BCUT2D eigenvalue weighted by Crippen LogP contribution is 2.31. The maximum atomic E-state index is 12.9. The summed E-state index contributed by atoms with van der Waals surface area (Å²) in [6.07, 6.45) is 7.25. The third-order valence-corrected chi connectivity index (χ3v) is 5.63. The van der Waals surface area contributed by atoms with Crippen LogP contribution in [0.3, 0.4) is 0 Å². The number of nitrogens with one attached hydrogen (secondary N) is 2. The Hall–Kier alpha value is -3.65. The van der Waals surface area contributed by atoms with Gasteiger partial charge in [0.25, 0.3) is 0 Å². The zero-order valence-electron chi connectivity index (χ0n) is 21.2. The minimum atomic E-state index is -1.28. The molecule has 0 amide bonds. The van der Waals surface area contributed by atoms with Crippen LogP contribution >= 0.6 is 0 Å². The predicted octanol–water partition coefficient (Wildman–Crippen LogP) is 5.01. The van der Waals surface area contributed by atoms with Crippen LogP contribution in [0.15, 0.2) is 49.1 Å². The van der Waals surface area contributed by atoms with E-state index < -0.39 is 11.6 Å². The van der Waals surface area contributed by atoms with Crippen LogP contribution in [0.1, 0.15) is 80.0 Å². The summed E-state index contributed by atoms with van der Waals surface area (Å²) in [4.78, 5) is 17.6. The number of rotatable bonds is 11. The Labute approximate surface area is 206 Å². The number of allylic oxidation sites excluding steroid dienone is 5. The molecule has 2 aromatic heterocycles. The van der Waals surface area contributed by atoms with Crippen molar-refractivity contribution in [1.29, 1.82) is 0 Å². The first-order valence-corrected chi connectivity index (χ1v) is 11.9. The average molecular weight is 478 g/mol. The number of imidazole rings is 1. The lowest BCUT2D eigenvalue weighted by molar-refractivity contribution is 0.0469. The molecule has 3 aromatic rings. The summed E-state index contributed by atoms with van der Waals surface area (Å²) in [5.74, 6) is 1.04. The van der Waals surface area contributed by atoms with Crippen LogP contribution in [0.4, 0.5) is 0 Å². The van der Waals surface area contributed by atoms with Crippen LogP contribution in [0.25, 0.3) is 11.1 Å². The number of benzene rings is 1. The van der Waals surface area contributed by atoms with Crippen molar-refractivity contribution in [3.05, 3.63) is 83.2 Å². The molecule has 2 heterocycles. The lowest BCUT2D eigenvalue weighted by Crippen LogP contribution is -2.23. The van der Waals surface area contributed by atoms with Gasteiger partial charge in [-0.2, -0.15) is 0 Å². The molecule has 0 saturated carbocycles. The summed E-state index contributed by atoms with van der Waals surface area (Å²) in [6, 6.07) is 8.14. The fraction of sp³-hybridized carbons (Fsp3) is 0.370. The standard InChI is InChI=1S/C27H35N5O3/c1-7-11-21(20(9-3)25-29-31-30-25)19-15-13-18(14-16-19)17-32-22(12-8-2)28-24(27(5,6)34)23(32)26(33)35-10-4/h7,9,11,13-16,31,34H,1,8,10,12,17H2,2-6H3,(H,29,30)/b20-9+,21-11-. The van der Waals surface area contributed by atoms with E-state index in [1.54, 1.807) is 26.8 Å². The molecule has 1 aromatic carbocycles. The van der Waals surface area contributed by atoms with Gasteiger partial charge in [0, 0.05) is 18.5 Å². The summed E-state index contributed by atoms with van der Waals surface area (Å²) >= 11 is 0. The average Bonchev–Trinajstić information content (AvgIpc) is 3.14. The molecule has 35 heavy (non-hydrogen) atoms. The van der Waals surface area contributed by atoms with E-state index in [4.69, 9.17) is 4.74 Å². The summed E-state index contributed by atoms with van der Waals surface area (Å²) < 4.78 is 7.21. The lowest BCUT2D eigenvalue weighted by Gasteiger charge is -2.18. The van der Waals surface area contributed by atoms with E-state index in [0.29, 0.717) is 24.4 Å². The van der Waals surface area contributed by atoms with Crippen molar-refractivity contribution in [2.75, 3.05) is 6.61 Å². The van der Waals surface area contributed by atoms with Gasteiger partial charge in [-0.25, -0.2) is 15.0 Å². The van der Waals surface area contributed by atoms with Gasteiger partial charge in [0.2, 0.25) is 0 Å². The van der Waals surface area contributed by atoms with Crippen molar-refractivity contribution in [3.8, 4) is 0 Å². The first-order chi connectivity index (χ1) is 16.7. The number of hydrogen-bond donors (Lipinski definition) is 3. The van der Waals surface area contributed by atoms with E-state index in [1.807, 2.05) is 47.9 Å². The van der Waals surface area contributed by atoms with Crippen molar-refractivity contribution in [1.82, 2.24) is 25.0 Å². The molecule has 0 aliphatic rings. The maximum absolute atomic E-state index is 12.9. The van der Waals surface area contributed by atoms with Gasteiger partial charge >= 0.3 is 5.97 Å². The number of carbonyl (C=O) groups is 1. The second-order valence-corrected chi connectivity index (χ2v) is 8.75. The van der Waals surface area contributed by atoms with E-state index in [2.05, 4.69) is 33.9 Å². The van der Waals surface area contributed by atoms with Gasteiger partial charge < -0.3 is 14.4 Å². The van der Waals surface area contributed by atoms with Crippen molar-refractivity contribution in [2.24, 2.45) is 0 Å². The molecule has 0 radical (unpaired) electrons. The maximum Gasteiger partial charge on any atom is 0.357 e. The molecule has 0 saturated heterocycles. The fourth-order valence-electron chi connectivity index (χ4n) is 4.01. The monoisotopic (exact) mass is 477 g/mol. The van der Waals surface area contributed by atoms with Gasteiger partial charge in [0.1, 0.15) is 17.1 Å². The van der Waals surface area contributed by atoms with E-state index in [-0.39, 0.29) is 6.61 Å². The van der Waals surface area contributed by atoms with Gasteiger partial charge in [0.15, 0.2) is 11.5 Å². The smallest absolute Gasteiger partial charge is 0.357 e. The number of hydrogen-bond acceptors (Lipinski definition) is 5. The molecule has 0 bridgehead atoms. The van der Waals surface area contributed by atoms with Gasteiger partial charge in [-0.15, -0.1) is 5.10 Å². The third-order valence-electron chi connectivity index (χ3n) is 5.63. The molecule has 0 unspecified atom stereocenters. The van der Waals surface area contributed by atoms with Gasteiger partial charge in [-0.3, -0.25) is 5.10 Å². The highest BCUT2D eigenvalue weighted by molar-refractivity contribution is 6.03. The molecule has 3 N–H and O–H groups in total. The number of ether oxygens (including phenoxy) is 1. The largest absolute Gasteiger partial charge is 0.461 e. The molecule has 8 heteroatoms. The SMILES string of the molecule is C=C/C=C(\C(=C/C)c1n[nH][nH]1)c1ccc(Cn2c(CCC)nc(C(C)(C)O)c2C(=O)OCC)cc1. The van der Waals surface area contributed by atoms with Crippen LogP contribution in [0.5, 0.6) is 0 Å². The lowest BCUT2D eigenvalue weighted by atomic mass is 9.95. The van der Waals surface area contributed by atoms with Crippen molar-refractivity contribution in [2.45, 2.75) is 59.6 Å². The second kappa shape index (κ2) is 11.2. The van der Waals surface area contributed by atoms with E-state index in [0.717, 1.165) is 40.3 Å². The van der Waals surface area contributed by atoms with E-state index in [9.17, 15) is 9.90 Å². The van der Waals surface area contributed by atoms with Crippen LogP contribution in [-0.2, 0) is 23.3 Å². The molecule has 8 nitrogen and oxygen atoms in total. The zero-order valence-corrected chi connectivity index (χ0v) is 21.2. The molecule has 0 spiro atoms. The number of aryl methyl sites for hydroxylation is 1. The normalized spacial score (nSPS) is 12.7. The predicted molar refractivity (Wildman–Crippen MR) is 138 cm³/mol. The zero-order chi connectivity index (χ0) is 25.6. The van der Waals surface area contributed by atoms with Crippen molar-refractivity contribution in [3.63, 3.8) is 0 Å². The molecular weight excluding hydrogens is 442 g/mol. The van der Waals surface area contributed by atoms with E-state index >= 15 is 0 Å². The van der Waals surface area contributed by atoms with E-state index in [1.165, 1.54) is 0 Å². The number of carbonyl (C=O) groups excluding carboxylic acids is 1. The Morgan fingerprint density at radius 3 is 2.40 bits per heavy atom. The Morgan fingerprint density at radius 1 is 1.23 bits per heavy atom. The summed E-state index contributed by atoms with van der Waals surface area (Å²) in [7, 11) is 0. The number of H-pyrrole nitrogens is 2. The first kappa shape index (κ1) is 26.0. The molecule has 3 rings (SSSR count). The molecular formula is C27H35N5O3. The molecule has 0 fully saturated rings. The van der Waals surface area contributed by atoms with Gasteiger partial charge in [0.05, 0.1) is 6.61 Å². The quantitative estimate of drug-likeness (QED) is 0.266. The topological polar surface area (TPSA) is 109 Å². The summed E-state index contributed by atoms with van der Waals surface area (Å²) in [5, 5.41) is 20.6. The second-order valence-electron chi connectivity index (χ2n) is 8.75. The number of aliphatic hydroxyl groups is 1. The molecule has 186 valence electrons. The van der Waals surface area contributed by atoms with Crippen LogP contribution < -0.4 is 0 Å². The highest BCUT2D eigenvalue weighted by atomic mass is 16.5. The fourth-order valence-corrected chi connectivity index (χ4v) is 4.01. The summed E-state index contributed by atoms with van der Waals surface area (Å²) in [6.45, 7) is 13.6. The Bertz CT molecular complexity index is 1210. The van der Waals surface area contributed by atoms with Crippen LogP contribution in [0, 0.1) is 0 Å².